The molecule has 1 aromatic rings. The van der Waals surface area contributed by atoms with Crippen molar-refractivity contribution in [1.29, 1.82) is 0 Å². The monoisotopic (exact) mass is 371 g/mol. The van der Waals surface area contributed by atoms with E-state index >= 15 is 0 Å². The first-order valence-electron chi connectivity index (χ1n) is 10.4. The number of hydrogen-bond donors (Lipinski definition) is 2. The van der Waals surface area contributed by atoms with E-state index in [0.717, 1.165) is 19.3 Å². The van der Waals surface area contributed by atoms with Gasteiger partial charge in [0.05, 0.1) is 6.10 Å². The molecule has 0 bridgehead atoms. The summed E-state index contributed by atoms with van der Waals surface area (Å²) in [7, 11) is 0. The lowest BCUT2D eigenvalue weighted by atomic mass is 9.79. The van der Waals surface area contributed by atoms with Gasteiger partial charge in [0, 0.05) is 12.1 Å². The van der Waals surface area contributed by atoms with Crippen LogP contribution in [-0.4, -0.2) is 17.8 Å². The largest absolute Gasteiger partial charge is 0.392 e. The van der Waals surface area contributed by atoms with Crippen molar-refractivity contribution in [2.45, 2.75) is 84.8 Å². The first-order chi connectivity index (χ1) is 12.6. The summed E-state index contributed by atoms with van der Waals surface area (Å²) in [5.74, 6) is 0.209. The van der Waals surface area contributed by atoms with Crippen molar-refractivity contribution in [3.8, 4) is 0 Å². The first kappa shape index (κ1) is 23.7. The van der Waals surface area contributed by atoms with Gasteiger partial charge < -0.3 is 10.4 Å². The van der Waals surface area contributed by atoms with Gasteiger partial charge in [-0.15, -0.1) is 0 Å². The highest BCUT2D eigenvalue weighted by Crippen LogP contribution is 2.32. The zero-order valence-corrected chi connectivity index (χ0v) is 18.6. The molecule has 1 aromatic carbocycles. The second kappa shape index (κ2) is 10.2. The van der Waals surface area contributed by atoms with Crippen LogP contribution in [0.3, 0.4) is 0 Å². The number of benzene rings is 1. The molecule has 27 heavy (non-hydrogen) atoms. The van der Waals surface area contributed by atoms with E-state index in [9.17, 15) is 5.11 Å². The van der Waals surface area contributed by atoms with Crippen molar-refractivity contribution >= 4 is 0 Å². The summed E-state index contributed by atoms with van der Waals surface area (Å²) in [5, 5.41) is 14.4. The van der Waals surface area contributed by atoms with Crippen LogP contribution < -0.4 is 5.32 Å². The van der Waals surface area contributed by atoms with Gasteiger partial charge >= 0.3 is 0 Å². The topological polar surface area (TPSA) is 32.3 Å². The van der Waals surface area contributed by atoms with Crippen molar-refractivity contribution in [2.24, 2.45) is 5.92 Å². The van der Waals surface area contributed by atoms with Gasteiger partial charge in [0.1, 0.15) is 0 Å². The average molecular weight is 372 g/mol. The van der Waals surface area contributed by atoms with Crippen LogP contribution in [0.5, 0.6) is 0 Å². The lowest BCUT2D eigenvalue weighted by molar-refractivity contribution is 0.100. The molecular weight excluding hydrogens is 330 g/mol. The molecule has 0 saturated carbocycles. The summed E-state index contributed by atoms with van der Waals surface area (Å²) in [6.45, 7) is 19.8. The van der Waals surface area contributed by atoms with Gasteiger partial charge in [0.2, 0.25) is 0 Å². The third kappa shape index (κ3) is 6.62. The molecular formula is C25H41NO. The van der Waals surface area contributed by atoms with Crippen LogP contribution in [0.4, 0.5) is 0 Å². The number of rotatable bonds is 10. The summed E-state index contributed by atoms with van der Waals surface area (Å²) in [4.78, 5) is 0. The second-order valence-corrected chi connectivity index (χ2v) is 9.00. The van der Waals surface area contributed by atoms with E-state index in [1.165, 1.54) is 16.7 Å². The summed E-state index contributed by atoms with van der Waals surface area (Å²) < 4.78 is 0. The highest BCUT2D eigenvalue weighted by atomic mass is 16.3. The van der Waals surface area contributed by atoms with Gasteiger partial charge in [-0.1, -0.05) is 90.1 Å². The average Bonchev–Trinajstić information content (AvgIpc) is 2.62. The van der Waals surface area contributed by atoms with Gasteiger partial charge in [0.15, 0.2) is 0 Å². The molecule has 0 aliphatic rings. The molecule has 0 aromatic heterocycles. The van der Waals surface area contributed by atoms with E-state index < -0.39 is 0 Å². The third-order valence-electron chi connectivity index (χ3n) is 5.84. The predicted octanol–water partition coefficient (Wildman–Crippen LogP) is 6.11. The Morgan fingerprint density at radius 2 is 1.78 bits per heavy atom. The molecule has 152 valence electrons. The lowest BCUT2D eigenvalue weighted by Gasteiger charge is -2.36. The number of nitrogens with one attached hydrogen (secondary N) is 1. The summed E-state index contributed by atoms with van der Waals surface area (Å²) in [5.41, 5.74) is 3.96. The summed E-state index contributed by atoms with van der Waals surface area (Å²) in [6, 6.07) is 8.94. The Kier molecular flexibility index (Phi) is 8.98. The van der Waals surface area contributed by atoms with Crippen LogP contribution in [0.2, 0.25) is 0 Å². The maximum atomic E-state index is 10.7. The van der Waals surface area contributed by atoms with Gasteiger partial charge in [-0.25, -0.2) is 0 Å². The fourth-order valence-electron chi connectivity index (χ4n) is 3.71. The molecule has 0 amide bonds. The van der Waals surface area contributed by atoms with Crippen molar-refractivity contribution in [3.05, 3.63) is 59.7 Å². The lowest BCUT2D eigenvalue weighted by Crippen LogP contribution is -2.46. The van der Waals surface area contributed by atoms with Gasteiger partial charge in [-0.2, -0.15) is 0 Å². The van der Waals surface area contributed by atoms with Gasteiger partial charge in [-0.05, 0) is 48.6 Å². The minimum atomic E-state index is -0.374. The zero-order valence-electron chi connectivity index (χ0n) is 18.6. The standard InChI is InChI=1S/C25H41NO/c1-9-13-19(4)16-20(5)23(27)18-26-25(10-2,11-3)22-15-12-14-21(17-22)24(6,7)8/h9,12-15,17,20,23,26-27H,1,10-11,16,18H2,2-8H3/b19-13+. The fraction of sp³-hybridized carbons (Fsp3) is 0.600. The van der Waals surface area contributed by atoms with Gasteiger partial charge in [-0.3, -0.25) is 0 Å². The molecule has 2 unspecified atom stereocenters. The SMILES string of the molecule is C=C/C=C(\C)CC(C)C(O)CNC(CC)(CC)c1cccc(C(C)(C)C)c1. The number of hydrogen-bond acceptors (Lipinski definition) is 2. The summed E-state index contributed by atoms with van der Waals surface area (Å²) in [6.07, 6.45) is 6.34. The molecule has 0 radical (unpaired) electrons. The quantitative estimate of drug-likeness (QED) is 0.486. The Hall–Kier alpha value is -1.38. The Balaban J connectivity index is 2.95. The van der Waals surface area contributed by atoms with Crippen molar-refractivity contribution in [2.75, 3.05) is 6.54 Å². The zero-order chi connectivity index (χ0) is 20.7. The van der Waals surface area contributed by atoms with Crippen LogP contribution in [0, 0.1) is 5.92 Å². The predicted molar refractivity (Wildman–Crippen MR) is 119 cm³/mol. The molecule has 2 nitrogen and oxygen atoms in total. The Bertz CT molecular complexity index is 619. The van der Waals surface area contributed by atoms with Crippen LogP contribution in [0.1, 0.15) is 78.9 Å². The molecule has 0 fully saturated rings. The normalized spacial score (nSPS) is 15.5. The van der Waals surface area contributed by atoms with E-state index in [4.69, 9.17) is 0 Å². The number of allylic oxidation sites excluding steroid dienone is 3. The highest BCUT2D eigenvalue weighted by molar-refractivity contribution is 5.33. The second-order valence-electron chi connectivity index (χ2n) is 9.00. The third-order valence-corrected chi connectivity index (χ3v) is 5.84. The molecule has 0 spiro atoms. The molecule has 1 rings (SSSR count). The smallest absolute Gasteiger partial charge is 0.0693 e. The number of aliphatic hydroxyl groups is 1. The highest BCUT2D eigenvalue weighted by Gasteiger charge is 2.30. The molecule has 0 saturated heterocycles. The van der Waals surface area contributed by atoms with Crippen molar-refractivity contribution < 1.29 is 5.11 Å². The van der Waals surface area contributed by atoms with E-state index in [2.05, 4.69) is 84.6 Å². The molecule has 0 aliphatic heterocycles. The van der Waals surface area contributed by atoms with E-state index in [1.807, 2.05) is 12.2 Å². The molecule has 2 N–H and O–H groups in total. The fourth-order valence-corrected chi connectivity index (χ4v) is 3.71. The van der Waals surface area contributed by atoms with E-state index in [0.29, 0.717) is 6.54 Å². The summed E-state index contributed by atoms with van der Waals surface area (Å²) >= 11 is 0. The van der Waals surface area contributed by atoms with Crippen LogP contribution in [0.15, 0.2) is 48.6 Å². The van der Waals surface area contributed by atoms with Crippen LogP contribution in [-0.2, 0) is 11.0 Å². The van der Waals surface area contributed by atoms with Crippen LogP contribution in [0.25, 0.3) is 0 Å². The molecule has 2 heteroatoms. The number of aliphatic hydroxyl groups excluding tert-OH is 1. The maximum absolute atomic E-state index is 10.7. The Morgan fingerprint density at radius 3 is 2.30 bits per heavy atom. The van der Waals surface area contributed by atoms with Crippen molar-refractivity contribution in [1.82, 2.24) is 5.32 Å². The molecule has 0 aliphatic carbocycles. The van der Waals surface area contributed by atoms with E-state index in [1.54, 1.807) is 0 Å². The van der Waals surface area contributed by atoms with Crippen molar-refractivity contribution in [3.63, 3.8) is 0 Å². The van der Waals surface area contributed by atoms with Gasteiger partial charge in [0.25, 0.3) is 0 Å². The minimum absolute atomic E-state index is 0.103. The molecule has 0 heterocycles. The van der Waals surface area contributed by atoms with E-state index in [-0.39, 0.29) is 23.0 Å². The Labute approximate surface area is 167 Å². The molecule has 2 atom stereocenters. The Morgan fingerprint density at radius 1 is 1.19 bits per heavy atom. The van der Waals surface area contributed by atoms with Crippen LogP contribution >= 0.6 is 0 Å². The first-order valence-corrected chi connectivity index (χ1v) is 10.4. The maximum Gasteiger partial charge on any atom is 0.0693 e. The minimum Gasteiger partial charge on any atom is -0.392 e.